The van der Waals surface area contributed by atoms with Crippen LogP contribution in [0.3, 0.4) is 0 Å². The predicted octanol–water partition coefficient (Wildman–Crippen LogP) is 4.45. The van der Waals surface area contributed by atoms with Crippen LogP contribution in [-0.2, 0) is 9.59 Å². The summed E-state index contributed by atoms with van der Waals surface area (Å²) in [5, 5.41) is 6.24. The molecule has 164 valence electrons. The van der Waals surface area contributed by atoms with E-state index in [9.17, 15) is 14.4 Å². The highest BCUT2D eigenvalue weighted by molar-refractivity contribution is 6.42. The molecule has 1 atom stereocenters. The molecule has 0 radical (unpaired) electrons. The van der Waals surface area contributed by atoms with E-state index in [-0.39, 0.29) is 23.6 Å². The van der Waals surface area contributed by atoms with Crippen molar-refractivity contribution in [1.82, 2.24) is 4.90 Å². The number of nitrogens with one attached hydrogen (secondary N) is 2. The quantitative estimate of drug-likeness (QED) is 0.685. The summed E-state index contributed by atoms with van der Waals surface area (Å²) >= 11 is 12.0. The largest absolute Gasteiger partial charge is 0.495 e. The van der Waals surface area contributed by atoms with Gasteiger partial charge in [0, 0.05) is 31.3 Å². The molecule has 31 heavy (non-hydrogen) atoms. The first-order chi connectivity index (χ1) is 14.8. The molecule has 0 aromatic heterocycles. The molecule has 1 unspecified atom stereocenters. The number of piperidine rings is 1. The van der Waals surface area contributed by atoms with Crippen molar-refractivity contribution in [2.24, 2.45) is 5.92 Å². The van der Waals surface area contributed by atoms with Crippen molar-refractivity contribution in [3.8, 4) is 5.75 Å². The molecule has 7 nitrogen and oxygen atoms in total. The number of hydrogen-bond donors (Lipinski definition) is 2. The van der Waals surface area contributed by atoms with Gasteiger partial charge in [-0.1, -0.05) is 23.2 Å². The van der Waals surface area contributed by atoms with E-state index in [1.807, 2.05) is 0 Å². The van der Waals surface area contributed by atoms with Crippen LogP contribution in [0.25, 0.3) is 0 Å². The zero-order chi connectivity index (χ0) is 22.5. The molecular formula is C22H23Cl2N3O4. The average Bonchev–Trinajstić information content (AvgIpc) is 2.75. The third-order valence-corrected chi connectivity index (χ3v) is 5.76. The maximum Gasteiger partial charge on any atom is 0.253 e. The number of carbonyl (C=O) groups excluding carboxylic acids is 3. The molecule has 3 amide bonds. The molecule has 1 saturated heterocycles. The molecule has 1 fully saturated rings. The number of nitrogens with zero attached hydrogens (tertiary/aromatic N) is 1. The summed E-state index contributed by atoms with van der Waals surface area (Å²) in [6, 6.07) is 9.75. The van der Waals surface area contributed by atoms with E-state index in [0.717, 1.165) is 0 Å². The van der Waals surface area contributed by atoms with Gasteiger partial charge >= 0.3 is 0 Å². The van der Waals surface area contributed by atoms with Gasteiger partial charge < -0.3 is 20.3 Å². The van der Waals surface area contributed by atoms with Gasteiger partial charge in [0.05, 0.1) is 28.8 Å². The molecule has 1 heterocycles. The second-order valence-corrected chi connectivity index (χ2v) is 8.12. The van der Waals surface area contributed by atoms with Crippen LogP contribution in [-0.4, -0.2) is 42.8 Å². The molecule has 3 rings (SSSR count). The van der Waals surface area contributed by atoms with E-state index in [1.165, 1.54) is 20.1 Å². The lowest BCUT2D eigenvalue weighted by molar-refractivity contribution is -0.121. The third kappa shape index (κ3) is 5.68. The van der Waals surface area contributed by atoms with Crippen LogP contribution in [0.1, 0.15) is 30.1 Å². The summed E-state index contributed by atoms with van der Waals surface area (Å²) in [6.07, 6.45) is 1.39. The Kier molecular flexibility index (Phi) is 7.41. The summed E-state index contributed by atoms with van der Waals surface area (Å²) in [7, 11) is 1.50. The Balaban J connectivity index is 1.69. The number of likely N-dealkylation sites (tertiary alicyclic amines) is 1. The van der Waals surface area contributed by atoms with Crippen LogP contribution in [0.15, 0.2) is 36.4 Å². The minimum Gasteiger partial charge on any atom is -0.495 e. The van der Waals surface area contributed by atoms with Crippen molar-refractivity contribution in [3.05, 3.63) is 52.0 Å². The van der Waals surface area contributed by atoms with Crippen LogP contribution in [0, 0.1) is 5.92 Å². The van der Waals surface area contributed by atoms with Gasteiger partial charge in [0.15, 0.2) is 0 Å². The first-order valence-electron chi connectivity index (χ1n) is 9.79. The van der Waals surface area contributed by atoms with E-state index >= 15 is 0 Å². The zero-order valence-electron chi connectivity index (χ0n) is 17.2. The molecule has 1 aliphatic heterocycles. The second kappa shape index (κ2) is 10.0. The predicted molar refractivity (Wildman–Crippen MR) is 121 cm³/mol. The van der Waals surface area contributed by atoms with Crippen LogP contribution in [0.5, 0.6) is 5.75 Å². The highest BCUT2D eigenvalue weighted by Crippen LogP contribution is 2.29. The Morgan fingerprint density at radius 3 is 2.52 bits per heavy atom. The molecule has 9 heteroatoms. The Hall–Kier alpha value is -2.77. The van der Waals surface area contributed by atoms with E-state index in [0.29, 0.717) is 58.7 Å². The molecule has 0 spiro atoms. The molecular weight excluding hydrogens is 441 g/mol. The summed E-state index contributed by atoms with van der Waals surface area (Å²) in [5.74, 6) is -0.486. The first-order valence-corrected chi connectivity index (χ1v) is 10.5. The van der Waals surface area contributed by atoms with Gasteiger partial charge in [-0.2, -0.15) is 0 Å². The molecule has 1 aliphatic rings. The number of rotatable bonds is 5. The molecule has 2 N–H and O–H groups in total. The van der Waals surface area contributed by atoms with E-state index in [2.05, 4.69) is 10.6 Å². The summed E-state index contributed by atoms with van der Waals surface area (Å²) in [4.78, 5) is 38.8. The summed E-state index contributed by atoms with van der Waals surface area (Å²) < 4.78 is 5.23. The van der Waals surface area contributed by atoms with Crippen molar-refractivity contribution in [1.29, 1.82) is 0 Å². The Labute approximate surface area is 190 Å². The van der Waals surface area contributed by atoms with Crippen LogP contribution in [0.4, 0.5) is 11.4 Å². The minimum atomic E-state index is -0.355. The Morgan fingerprint density at radius 2 is 1.84 bits per heavy atom. The van der Waals surface area contributed by atoms with E-state index in [4.69, 9.17) is 27.9 Å². The standard InChI is InChI=1S/C22H23Cl2N3O4/c1-13(28)25-19-11-16(6-8-20(19)31-2)26-21(29)15-4-3-9-27(12-15)22(30)14-5-7-17(23)18(24)10-14/h5-8,10-11,15H,3-4,9,12H2,1-2H3,(H,25,28)(H,26,29). The van der Waals surface area contributed by atoms with Crippen LogP contribution >= 0.6 is 23.2 Å². The second-order valence-electron chi connectivity index (χ2n) is 7.30. The number of hydrogen-bond acceptors (Lipinski definition) is 4. The number of carbonyl (C=O) groups is 3. The smallest absolute Gasteiger partial charge is 0.253 e. The van der Waals surface area contributed by atoms with Crippen LogP contribution < -0.4 is 15.4 Å². The minimum absolute atomic E-state index is 0.187. The normalized spacial score (nSPS) is 15.9. The number of anilines is 2. The average molecular weight is 464 g/mol. The van der Waals surface area contributed by atoms with Gasteiger partial charge in [-0.25, -0.2) is 0 Å². The summed E-state index contributed by atoms with van der Waals surface area (Å²) in [6.45, 7) is 2.27. The maximum atomic E-state index is 12.9. The van der Waals surface area contributed by atoms with Crippen molar-refractivity contribution in [2.45, 2.75) is 19.8 Å². The Morgan fingerprint density at radius 1 is 1.06 bits per heavy atom. The number of methoxy groups -OCH3 is 1. The lowest BCUT2D eigenvalue weighted by atomic mass is 9.96. The van der Waals surface area contributed by atoms with Gasteiger partial charge in [-0.3, -0.25) is 14.4 Å². The van der Waals surface area contributed by atoms with Crippen molar-refractivity contribution >= 4 is 52.3 Å². The number of ether oxygens (including phenoxy) is 1. The van der Waals surface area contributed by atoms with Crippen molar-refractivity contribution < 1.29 is 19.1 Å². The monoisotopic (exact) mass is 463 g/mol. The number of halogens is 2. The van der Waals surface area contributed by atoms with Gasteiger partial charge in [0.25, 0.3) is 5.91 Å². The summed E-state index contributed by atoms with van der Waals surface area (Å²) in [5.41, 5.74) is 1.43. The SMILES string of the molecule is COc1ccc(NC(=O)C2CCCN(C(=O)c3ccc(Cl)c(Cl)c3)C2)cc1NC(C)=O. The molecule has 0 bridgehead atoms. The van der Waals surface area contributed by atoms with Gasteiger partial charge in [-0.15, -0.1) is 0 Å². The maximum absolute atomic E-state index is 12.9. The van der Waals surface area contributed by atoms with Crippen molar-refractivity contribution in [2.75, 3.05) is 30.8 Å². The van der Waals surface area contributed by atoms with Gasteiger partial charge in [0.2, 0.25) is 11.8 Å². The van der Waals surface area contributed by atoms with E-state index in [1.54, 1.807) is 35.2 Å². The number of benzene rings is 2. The first kappa shape index (κ1) is 22.9. The third-order valence-electron chi connectivity index (χ3n) is 5.02. The lowest BCUT2D eigenvalue weighted by Gasteiger charge is -2.32. The fourth-order valence-electron chi connectivity index (χ4n) is 3.50. The molecule has 0 saturated carbocycles. The fraction of sp³-hybridized carbons (Fsp3) is 0.318. The van der Waals surface area contributed by atoms with Crippen molar-refractivity contribution in [3.63, 3.8) is 0 Å². The fourth-order valence-corrected chi connectivity index (χ4v) is 3.80. The molecule has 0 aliphatic carbocycles. The van der Waals surface area contributed by atoms with E-state index < -0.39 is 0 Å². The topological polar surface area (TPSA) is 87.7 Å². The molecule has 2 aromatic rings. The highest BCUT2D eigenvalue weighted by atomic mass is 35.5. The Bertz CT molecular complexity index is 1010. The molecule has 2 aromatic carbocycles. The zero-order valence-corrected chi connectivity index (χ0v) is 18.7. The highest BCUT2D eigenvalue weighted by Gasteiger charge is 2.29. The van der Waals surface area contributed by atoms with Crippen LogP contribution in [0.2, 0.25) is 10.0 Å². The van der Waals surface area contributed by atoms with Gasteiger partial charge in [-0.05, 0) is 49.2 Å². The number of amides is 3. The van der Waals surface area contributed by atoms with Gasteiger partial charge in [0.1, 0.15) is 5.75 Å². The lowest BCUT2D eigenvalue weighted by Crippen LogP contribution is -2.43.